The van der Waals surface area contributed by atoms with Crippen molar-refractivity contribution in [3.63, 3.8) is 0 Å². The summed E-state index contributed by atoms with van der Waals surface area (Å²) in [5.41, 5.74) is -0.0638. The number of hydrogen-bond donors (Lipinski definition) is 2. The van der Waals surface area contributed by atoms with E-state index in [0.717, 1.165) is 6.54 Å². The summed E-state index contributed by atoms with van der Waals surface area (Å²) in [4.78, 5) is 0. The van der Waals surface area contributed by atoms with Crippen molar-refractivity contribution in [1.82, 2.24) is 5.32 Å². The van der Waals surface area contributed by atoms with Crippen LogP contribution in [-0.4, -0.2) is 36.5 Å². The maximum absolute atomic E-state index is 8.72. The summed E-state index contributed by atoms with van der Waals surface area (Å²) < 4.78 is 5.45. The number of hydrogen-bond acceptors (Lipinski definition) is 3. The molecule has 0 bridgehead atoms. The average Bonchev–Trinajstić information content (AvgIpc) is 1.88. The Bertz CT molecular complexity index is 104. The fourth-order valence-corrected chi connectivity index (χ4v) is 0.944. The minimum absolute atomic E-state index is 0.0638. The van der Waals surface area contributed by atoms with Crippen molar-refractivity contribution in [2.75, 3.05) is 19.8 Å². The zero-order valence-electron chi connectivity index (χ0n) is 6.55. The van der Waals surface area contributed by atoms with E-state index in [0.29, 0.717) is 6.61 Å². The first-order valence-electron chi connectivity index (χ1n) is 3.62. The first kappa shape index (κ1) is 7.98. The van der Waals surface area contributed by atoms with Gasteiger partial charge in [-0.3, -0.25) is 0 Å². The van der Waals surface area contributed by atoms with Gasteiger partial charge in [-0.15, -0.1) is 0 Å². The predicted molar refractivity (Wildman–Crippen MR) is 38.9 cm³/mol. The highest BCUT2D eigenvalue weighted by molar-refractivity contribution is 4.81. The molecule has 0 amide bonds. The second-order valence-electron chi connectivity index (χ2n) is 3.33. The minimum atomic E-state index is -0.0638. The molecule has 3 nitrogen and oxygen atoms in total. The van der Waals surface area contributed by atoms with Crippen molar-refractivity contribution >= 4 is 0 Å². The van der Waals surface area contributed by atoms with Gasteiger partial charge >= 0.3 is 0 Å². The zero-order chi connectivity index (χ0) is 7.61. The SMILES string of the molecule is CC1(C)CN[C@@H](CO)CO1. The summed E-state index contributed by atoms with van der Waals surface area (Å²) in [7, 11) is 0. The molecule has 10 heavy (non-hydrogen) atoms. The van der Waals surface area contributed by atoms with Gasteiger partial charge in [-0.1, -0.05) is 0 Å². The van der Waals surface area contributed by atoms with E-state index in [1.165, 1.54) is 0 Å². The molecule has 0 aromatic rings. The number of morpholine rings is 1. The third kappa shape index (κ3) is 1.94. The van der Waals surface area contributed by atoms with Gasteiger partial charge in [-0.05, 0) is 13.8 Å². The standard InChI is InChI=1S/C7H15NO2/c1-7(2)5-8-6(3-9)4-10-7/h6,8-9H,3-5H2,1-2H3/t6-/m0/s1. The summed E-state index contributed by atoms with van der Waals surface area (Å²) in [5, 5.41) is 11.9. The second kappa shape index (κ2) is 2.86. The van der Waals surface area contributed by atoms with E-state index < -0.39 is 0 Å². The number of aliphatic hydroxyl groups is 1. The van der Waals surface area contributed by atoms with Crippen LogP contribution in [0, 0.1) is 0 Å². The Morgan fingerprint density at radius 1 is 1.70 bits per heavy atom. The molecule has 1 rings (SSSR count). The van der Waals surface area contributed by atoms with E-state index in [-0.39, 0.29) is 18.2 Å². The molecule has 1 atom stereocenters. The molecular formula is C7H15NO2. The van der Waals surface area contributed by atoms with Crippen LogP contribution in [0.2, 0.25) is 0 Å². The van der Waals surface area contributed by atoms with Gasteiger partial charge < -0.3 is 15.2 Å². The normalized spacial score (nSPS) is 32.1. The van der Waals surface area contributed by atoms with E-state index in [1.807, 2.05) is 13.8 Å². The van der Waals surface area contributed by atoms with Crippen LogP contribution in [0.5, 0.6) is 0 Å². The smallest absolute Gasteiger partial charge is 0.0751 e. The van der Waals surface area contributed by atoms with Crippen LogP contribution in [0.25, 0.3) is 0 Å². The largest absolute Gasteiger partial charge is 0.395 e. The lowest BCUT2D eigenvalue weighted by Crippen LogP contribution is -2.52. The molecule has 60 valence electrons. The highest BCUT2D eigenvalue weighted by atomic mass is 16.5. The average molecular weight is 145 g/mol. The van der Waals surface area contributed by atoms with Gasteiger partial charge in [0.05, 0.1) is 24.9 Å². The van der Waals surface area contributed by atoms with Crippen LogP contribution >= 0.6 is 0 Å². The van der Waals surface area contributed by atoms with Crippen molar-refractivity contribution in [1.29, 1.82) is 0 Å². The molecule has 3 heteroatoms. The summed E-state index contributed by atoms with van der Waals surface area (Å²) in [6.07, 6.45) is 0. The van der Waals surface area contributed by atoms with Gasteiger partial charge in [0.1, 0.15) is 0 Å². The fraction of sp³-hybridized carbons (Fsp3) is 1.00. The first-order valence-corrected chi connectivity index (χ1v) is 3.62. The highest BCUT2D eigenvalue weighted by Gasteiger charge is 2.26. The Hall–Kier alpha value is -0.120. The molecule has 0 aliphatic carbocycles. The van der Waals surface area contributed by atoms with E-state index in [4.69, 9.17) is 9.84 Å². The molecule has 1 saturated heterocycles. The Balaban J connectivity index is 2.31. The summed E-state index contributed by atoms with van der Waals surface area (Å²) in [6.45, 7) is 5.67. The molecule has 1 aliphatic rings. The molecule has 0 unspecified atom stereocenters. The van der Waals surface area contributed by atoms with Gasteiger partial charge in [0.15, 0.2) is 0 Å². The maximum atomic E-state index is 8.72. The van der Waals surface area contributed by atoms with E-state index >= 15 is 0 Å². The lowest BCUT2D eigenvalue weighted by molar-refractivity contribution is -0.0655. The van der Waals surface area contributed by atoms with Crippen LogP contribution < -0.4 is 5.32 Å². The van der Waals surface area contributed by atoms with Crippen molar-refractivity contribution in [3.05, 3.63) is 0 Å². The molecule has 0 spiro atoms. The van der Waals surface area contributed by atoms with Crippen molar-refractivity contribution in [2.45, 2.75) is 25.5 Å². The van der Waals surface area contributed by atoms with Crippen LogP contribution in [0.4, 0.5) is 0 Å². The predicted octanol–water partition coefficient (Wildman–Crippen LogP) is -0.254. The number of rotatable bonds is 1. The van der Waals surface area contributed by atoms with Gasteiger partial charge in [-0.25, -0.2) is 0 Å². The molecular weight excluding hydrogens is 130 g/mol. The van der Waals surface area contributed by atoms with Crippen molar-refractivity contribution < 1.29 is 9.84 Å². The monoisotopic (exact) mass is 145 g/mol. The number of aliphatic hydroxyl groups excluding tert-OH is 1. The molecule has 1 fully saturated rings. The minimum Gasteiger partial charge on any atom is -0.395 e. The number of nitrogens with one attached hydrogen (secondary N) is 1. The number of ether oxygens (including phenoxy) is 1. The Labute approximate surface area is 61.4 Å². The van der Waals surface area contributed by atoms with Crippen LogP contribution in [-0.2, 0) is 4.74 Å². The van der Waals surface area contributed by atoms with Crippen molar-refractivity contribution in [3.8, 4) is 0 Å². The summed E-state index contributed by atoms with van der Waals surface area (Å²) in [6, 6.07) is 0.132. The van der Waals surface area contributed by atoms with Crippen LogP contribution in [0.15, 0.2) is 0 Å². The summed E-state index contributed by atoms with van der Waals surface area (Å²) in [5.74, 6) is 0. The van der Waals surface area contributed by atoms with Gasteiger partial charge in [-0.2, -0.15) is 0 Å². The lowest BCUT2D eigenvalue weighted by Gasteiger charge is -2.34. The Morgan fingerprint density at radius 2 is 2.40 bits per heavy atom. The van der Waals surface area contributed by atoms with Crippen LogP contribution in [0.1, 0.15) is 13.8 Å². The molecule has 1 aliphatic heterocycles. The second-order valence-corrected chi connectivity index (χ2v) is 3.33. The van der Waals surface area contributed by atoms with E-state index in [1.54, 1.807) is 0 Å². The zero-order valence-corrected chi connectivity index (χ0v) is 6.55. The Morgan fingerprint density at radius 3 is 2.80 bits per heavy atom. The summed E-state index contributed by atoms with van der Waals surface area (Å²) >= 11 is 0. The topological polar surface area (TPSA) is 41.5 Å². The Kier molecular flexibility index (Phi) is 2.28. The van der Waals surface area contributed by atoms with Gasteiger partial charge in [0.2, 0.25) is 0 Å². The van der Waals surface area contributed by atoms with E-state index in [9.17, 15) is 0 Å². The first-order chi connectivity index (χ1) is 4.64. The van der Waals surface area contributed by atoms with E-state index in [2.05, 4.69) is 5.32 Å². The van der Waals surface area contributed by atoms with Gasteiger partial charge in [0.25, 0.3) is 0 Å². The molecule has 0 radical (unpaired) electrons. The maximum Gasteiger partial charge on any atom is 0.0751 e. The third-order valence-corrected chi connectivity index (χ3v) is 1.71. The molecule has 0 aromatic carbocycles. The third-order valence-electron chi connectivity index (χ3n) is 1.71. The quantitative estimate of drug-likeness (QED) is 0.534. The molecule has 1 heterocycles. The van der Waals surface area contributed by atoms with Crippen molar-refractivity contribution in [2.24, 2.45) is 0 Å². The fourth-order valence-electron chi connectivity index (χ4n) is 0.944. The molecule has 2 N–H and O–H groups in total. The van der Waals surface area contributed by atoms with Crippen LogP contribution in [0.3, 0.4) is 0 Å². The van der Waals surface area contributed by atoms with Gasteiger partial charge in [0, 0.05) is 6.54 Å². The molecule has 0 saturated carbocycles. The molecule has 0 aromatic heterocycles. The highest BCUT2D eigenvalue weighted by Crippen LogP contribution is 2.12. The lowest BCUT2D eigenvalue weighted by atomic mass is 10.1.